The van der Waals surface area contributed by atoms with Gasteiger partial charge in [-0.3, -0.25) is 18.9 Å². The molecular formula is C20H33N2O7PS. The molecule has 0 radical (unpaired) electrons. The van der Waals surface area contributed by atoms with Crippen LogP contribution in [0.25, 0.3) is 0 Å². The topological polar surface area (TPSA) is 112 Å². The van der Waals surface area contributed by atoms with Gasteiger partial charge in [0.05, 0.1) is 12.2 Å². The molecule has 3 rings (SSSR count). The SMILES string of the molecule is Cc1cn([C@@H]2O[C@@]3(CC(C)(C)C)CCO[C@H]2C3OP(O)(=S)OC(C)(C)C)c(=O)[nH]c1=O. The van der Waals surface area contributed by atoms with Gasteiger partial charge in [-0.1, -0.05) is 20.8 Å². The van der Waals surface area contributed by atoms with Gasteiger partial charge in [-0.2, -0.15) is 0 Å². The Labute approximate surface area is 187 Å². The highest BCUT2D eigenvalue weighted by molar-refractivity contribution is 8.07. The van der Waals surface area contributed by atoms with E-state index < -0.39 is 47.6 Å². The lowest BCUT2D eigenvalue weighted by Gasteiger charge is -2.43. The van der Waals surface area contributed by atoms with Crippen LogP contribution in [-0.2, 0) is 30.3 Å². The first-order valence-electron chi connectivity index (χ1n) is 10.4. The summed E-state index contributed by atoms with van der Waals surface area (Å²) in [6.07, 6.45) is 0.244. The van der Waals surface area contributed by atoms with Gasteiger partial charge >= 0.3 is 12.4 Å². The molecule has 3 heterocycles. The Morgan fingerprint density at radius 2 is 1.97 bits per heavy atom. The molecule has 0 aromatic carbocycles. The molecule has 5 atom stereocenters. The molecule has 2 fully saturated rings. The van der Waals surface area contributed by atoms with Crippen molar-refractivity contribution >= 4 is 18.5 Å². The highest BCUT2D eigenvalue weighted by atomic mass is 32.5. The summed E-state index contributed by atoms with van der Waals surface area (Å²) in [7, 11) is 0. The fourth-order valence-electron chi connectivity index (χ4n) is 4.35. The maximum Gasteiger partial charge on any atom is 0.330 e. The van der Waals surface area contributed by atoms with Crippen molar-refractivity contribution in [3.8, 4) is 0 Å². The number of hydrogen-bond donors (Lipinski definition) is 2. The molecule has 31 heavy (non-hydrogen) atoms. The molecule has 9 nitrogen and oxygen atoms in total. The third-order valence-electron chi connectivity index (χ3n) is 5.17. The van der Waals surface area contributed by atoms with Crippen molar-refractivity contribution in [1.82, 2.24) is 9.55 Å². The number of aromatic nitrogens is 2. The van der Waals surface area contributed by atoms with Gasteiger partial charge in [-0.25, -0.2) is 4.79 Å². The fraction of sp³-hybridized carbons (Fsp3) is 0.800. The first-order valence-corrected chi connectivity index (χ1v) is 12.9. The van der Waals surface area contributed by atoms with Crippen LogP contribution in [0.1, 0.15) is 66.2 Å². The summed E-state index contributed by atoms with van der Waals surface area (Å²) in [5.74, 6) is 0. The van der Waals surface area contributed by atoms with E-state index in [0.29, 0.717) is 25.0 Å². The minimum absolute atomic E-state index is 0.146. The zero-order valence-corrected chi connectivity index (χ0v) is 20.8. The van der Waals surface area contributed by atoms with Gasteiger partial charge in [-0.15, -0.1) is 0 Å². The lowest BCUT2D eigenvalue weighted by molar-refractivity contribution is -0.134. The van der Waals surface area contributed by atoms with Crippen molar-refractivity contribution in [3.63, 3.8) is 0 Å². The number of fused-ring (bicyclic) bond motifs is 2. The quantitative estimate of drug-likeness (QED) is 0.624. The van der Waals surface area contributed by atoms with Gasteiger partial charge in [0.25, 0.3) is 5.56 Å². The number of H-pyrrole nitrogens is 1. The zero-order valence-electron chi connectivity index (χ0n) is 19.1. The number of aryl methyl sites for hydroxylation is 1. The van der Waals surface area contributed by atoms with Gasteiger partial charge in [0.2, 0.25) is 0 Å². The summed E-state index contributed by atoms with van der Waals surface area (Å²) in [4.78, 5) is 37.6. The summed E-state index contributed by atoms with van der Waals surface area (Å²) < 4.78 is 25.5. The third-order valence-corrected chi connectivity index (χ3v) is 6.93. The molecule has 2 N–H and O–H groups in total. The predicted molar refractivity (Wildman–Crippen MR) is 120 cm³/mol. The Morgan fingerprint density at radius 3 is 2.55 bits per heavy atom. The standard InChI is InChI=1S/C20H33N2O7PS/c1-12-10-22(17(24)21-15(12)23)16-13-14(28-30(25,31)29-19(5,6)7)20(27-16,8-9-26-13)11-18(2,3)4/h10,13-14,16H,8-9,11H2,1-7H3,(H,25,31)(H,21,23,24)/t13-,14?,16+,20+,30?/m0/s1. The second kappa shape index (κ2) is 8.17. The number of hydrogen-bond acceptors (Lipinski definition) is 7. The number of rotatable bonds is 5. The maximum absolute atomic E-state index is 12.6. The van der Waals surface area contributed by atoms with Gasteiger partial charge in [0.1, 0.15) is 17.8 Å². The second-order valence-electron chi connectivity index (χ2n) is 10.6. The molecule has 1 aromatic rings. The second-order valence-corrected chi connectivity index (χ2v) is 13.3. The maximum atomic E-state index is 12.6. The van der Waals surface area contributed by atoms with E-state index in [-0.39, 0.29) is 5.41 Å². The van der Waals surface area contributed by atoms with Crippen molar-refractivity contribution in [2.24, 2.45) is 5.41 Å². The average Bonchev–Trinajstić information content (AvgIpc) is 2.70. The van der Waals surface area contributed by atoms with E-state index in [4.69, 9.17) is 30.3 Å². The molecule has 2 bridgehead atoms. The number of aromatic amines is 1. The zero-order chi connectivity index (χ0) is 23.4. The summed E-state index contributed by atoms with van der Waals surface area (Å²) in [5.41, 5.74) is -2.38. The largest absolute Gasteiger partial charge is 0.371 e. The summed E-state index contributed by atoms with van der Waals surface area (Å²) in [6, 6.07) is 0. The van der Waals surface area contributed by atoms with E-state index in [1.807, 2.05) is 0 Å². The molecule has 2 aliphatic heterocycles. The van der Waals surface area contributed by atoms with Crippen LogP contribution in [0, 0.1) is 12.3 Å². The monoisotopic (exact) mass is 476 g/mol. The first-order chi connectivity index (χ1) is 14.0. The predicted octanol–water partition coefficient (Wildman–Crippen LogP) is 2.75. The smallest absolute Gasteiger partial charge is 0.330 e. The number of nitrogens with zero attached hydrogens (tertiary/aromatic N) is 1. The highest BCUT2D eigenvalue weighted by Crippen LogP contribution is 2.57. The van der Waals surface area contributed by atoms with E-state index in [1.165, 1.54) is 10.8 Å². The van der Waals surface area contributed by atoms with Crippen LogP contribution in [0.2, 0.25) is 0 Å². The first kappa shape index (κ1) is 24.8. The Bertz CT molecular complexity index is 993. The Hall–Kier alpha value is -0.870. The summed E-state index contributed by atoms with van der Waals surface area (Å²) in [5, 5.41) is 0. The third kappa shape index (κ3) is 5.55. The lowest BCUT2D eigenvalue weighted by atomic mass is 9.76. The van der Waals surface area contributed by atoms with Crippen LogP contribution in [0.3, 0.4) is 0 Å². The molecule has 1 aromatic heterocycles. The van der Waals surface area contributed by atoms with Gasteiger partial charge in [0, 0.05) is 18.2 Å². The van der Waals surface area contributed by atoms with Crippen LogP contribution in [0.5, 0.6) is 0 Å². The van der Waals surface area contributed by atoms with Gasteiger partial charge in [-0.05, 0) is 51.3 Å². The molecule has 176 valence electrons. The molecule has 11 heteroatoms. The van der Waals surface area contributed by atoms with E-state index in [0.717, 1.165) is 0 Å². The number of nitrogens with one attached hydrogen (secondary N) is 1. The van der Waals surface area contributed by atoms with E-state index in [1.54, 1.807) is 27.7 Å². The molecule has 0 amide bonds. The van der Waals surface area contributed by atoms with Crippen molar-refractivity contribution in [2.45, 2.75) is 90.9 Å². The lowest BCUT2D eigenvalue weighted by Crippen LogP contribution is -2.52. The Morgan fingerprint density at radius 1 is 1.32 bits per heavy atom. The van der Waals surface area contributed by atoms with Gasteiger partial charge in [0.15, 0.2) is 6.23 Å². The van der Waals surface area contributed by atoms with E-state index in [9.17, 15) is 14.5 Å². The number of ether oxygens (including phenoxy) is 2. The molecule has 2 unspecified atom stereocenters. The molecule has 2 aliphatic rings. The summed E-state index contributed by atoms with van der Waals surface area (Å²) in [6.45, 7) is 9.97. The van der Waals surface area contributed by atoms with Crippen molar-refractivity contribution in [2.75, 3.05) is 6.61 Å². The Kier molecular flexibility index (Phi) is 6.52. The highest BCUT2D eigenvalue weighted by Gasteiger charge is 2.62. The van der Waals surface area contributed by atoms with Crippen molar-refractivity contribution in [3.05, 3.63) is 32.6 Å². The minimum atomic E-state index is -3.64. The average molecular weight is 477 g/mol. The normalized spacial score (nSPS) is 30.9. The van der Waals surface area contributed by atoms with Gasteiger partial charge < -0.3 is 18.9 Å². The van der Waals surface area contributed by atoms with Crippen LogP contribution in [-0.4, -0.2) is 44.5 Å². The van der Waals surface area contributed by atoms with Crippen molar-refractivity contribution in [1.29, 1.82) is 0 Å². The molecule has 0 saturated carbocycles. The molecule has 0 spiro atoms. The van der Waals surface area contributed by atoms with E-state index in [2.05, 4.69) is 25.8 Å². The molecule has 0 aliphatic carbocycles. The minimum Gasteiger partial charge on any atom is -0.371 e. The fourth-order valence-corrected chi connectivity index (χ4v) is 6.63. The van der Waals surface area contributed by atoms with Crippen molar-refractivity contribution < 1.29 is 23.4 Å². The van der Waals surface area contributed by atoms with Crippen LogP contribution in [0.4, 0.5) is 0 Å². The van der Waals surface area contributed by atoms with Crippen LogP contribution in [0.15, 0.2) is 15.8 Å². The van der Waals surface area contributed by atoms with Crippen LogP contribution < -0.4 is 11.2 Å². The summed E-state index contributed by atoms with van der Waals surface area (Å²) >= 11 is 5.31. The Balaban J connectivity index is 2.05. The van der Waals surface area contributed by atoms with Crippen LogP contribution >= 0.6 is 6.72 Å². The molecule has 2 saturated heterocycles. The van der Waals surface area contributed by atoms with E-state index >= 15 is 0 Å². The molecular weight excluding hydrogens is 443 g/mol.